The highest BCUT2D eigenvalue weighted by Crippen LogP contribution is 2.56. The quantitative estimate of drug-likeness (QED) is 0.707. The van der Waals surface area contributed by atoms with Crippen LogP contribution in [0, 0.1) is 17.8 Å². The minimum atomic E-state index is -0.106. The molecule has 1 heterocycles. The standard InChI is InChI=1S/C22H32N4O/c27-21(24-18-4-2-1-3-5-18)25-19-6-7-20(23-14-19)26-22-11-15-8-16(12-22)10-17(9-15)13-22/h6-7,14-18H,1-5,8-13H2,(H,23,26)(H2,24,25,27). The summed E-state index contributed by atoms with van der Waals surface area (Å²) in [5.41, 5.74) is 1.04. The average Bonchev–Trinajstić information content (AvgIpc) is 2.63. The van der Waals surface area contributed by atoms with Gasteiger partial charge in [-0.15, -0.1) is 0 Å². The minimum Gasteiger partial charge on any atom is -0.365 e. The molecule has 6 rings (SSSR count). The second kappa shape index (κ2) is 6.99. The SMILES string of the molecule is O=C(Nc1ccc(NC23CC4CC(CC(C4)C2)C3)nc1)NC1CCCCC1. The van der Waals surface area contributed by atoms with Crippen LogP contribution in [-0.4, -0.2) is 22.6 Å². The summed E-state index contributed by atoms with van der Waals surface area (Å²) in [7, 11) is 0. The van der Waals surface area contributed by atoms with Crippen LogP contribution in [-0.2, 0) is 0 Å². The maximum absolute atomic E-state index is 12.2. The Bertz CT molecular complexity index is 645. The van der Waals surface area contributed by atoms with E-state index in [4.69, 9.17) is 0 Å². The fourth-order valence-corrected chi connectivity index (χ4v) is 6.68. The molecule has 0 saturated heterocycles. The molecule has 0 spiro atoms. The molecule has 5 aliphatic carbocycles. The highest BCUT2D eigenvalue weighted by molar-refractivity contribution is 5.89. The maximum atomic E-state index is 12.2. The van der Waals surface area contributed by atoms with Crippen molar-refractivity contribution in [2.75, 3.05) is 10.6 Å². The Balaban J connectivity index is 1.18. The molecular formula is C22H32N4O. The van der Waals surface area contributed by atoms with E-state index in [9.17, 15) is 4.79 Å². The summed E-state index contributed by atoms with van der Waals surface area (Å²) in [6.45, 7) is 0. The number of aromatic nitrogens is 1. The molecule has 5 heteroatoms. The number of hydrogen-bond acceptors (Lipinski definition) is 3. The van der Waals surface area contributed by atoms with E-state index in [-0.39, 0.29) is 11.6 Å². The molecule has 0 aliphatic heterocycles. The van der Waals surface area contributed by atoms with E-state index < -0.39 is 0 Å². The number of carbonyl (C=O) groups excluding carboxylic acids is 1. The van der Waals surface area contributed by atoms with Crippen LogP contribution >= 0.6 is 0 Å². The zero-order valence-electron chi connectivity index (χ0n) is 16.2. The molecule has 5 saturated carbocycles. The number of nitrogens with zero attached hydrogens (tertiary/aromatic N) is 1. The Labute approximate surface area is 162 Å². The maximum Gasteiger partial charge on any atom is 0.319 e. The molecule has 5 aliphatic rings. The summed E-state index contributed by atoms with van der Waals surface area (Å²) in [6, 6.07) is 4.21. The summed E-state index contributed by atoms with van der Waals surface area (Å²) < 4.78 is 0. The second-order valence-electron chi connectivity index (χ2n) is 9.69. The molecule has 0 unspecified atom stereocenters. The first-order chi connectivity index (χ1) is 13.2. The van der Waals surface area contributed by atoms with Crippen molar-refractivity contribution in [3.63, 3.8) is 0 Å². The summed E-state index contributed by atoms with van der Waals surface area (Å²) >= 11 is 0. The molecule has 0 radical (unpaired) electrons. The fraction of sp³-hybridized carbons (Fsp3) is 0.727. The van der Waals surface area contributed by atoms with E-state index in [1.54, 1.807) is 6.20 Å². The van der Waals surface area contributed by atoms with Crippen molar-refractivity contribution >= 4 is 17.5 Å². The lowest BCUT2D eigenvalue weighted by Gasteiger charge is -2.57. The van der Waals surface area contributed by atoms with Crippen LogP contribution in [0.25, 0.3) is 0 Å². The van der Waals surface area contributed by atoms with Crippen LogP contribution in [0.3, 0.4) is 0 Å². The van der Waals surface area contributed by atoms with Crippen LogP contribution < -0.4 is 16.0 Å². The number of carbonyl (C=O) groups is 1. The molecule has 4 bridgehead atoms. The molecule has 0 atom stereocenters. The lowest BCUT2D eigenvalue weighted by molar-refractivity contribution is 0.0105. The van der Waals surface area contributed by atoms with Gasteiger partial charge in [-0.3, -0.25) is 0 Å². The highest BCUT2D eigenvalue weighted by Gasteiger charge is 2.51. The molecule has 27 heavy (non-hydrogen) atoms. The molecule has 3 N–H and O–H groups in total. The van der Waals surface area contributed by atoms with Gasteiger partial charge in [0.25, 0.3) is 0 Å². The van der Waals surface area contributed by atoms with Gasteiger partial charge in [0.2, 0.25) is 0 Å². The lowest BCUT2D eigenvalue weighted by atomic mass is 9.53. The van der Waals surface area contributed by atoms with Gasteiger partial charge in [0.1, 0.15) is 5.82 Å². The van der Waals surface area contributed by atoms with Crippen molar-refractivity contribution in [1.82, 2.24) is 10.3 Å². The van der Waals surface area contributed by atoms with Crippen molar-refractivity contribution in [2.24, 2.45) is 17.8 Å². The Morgan fingerprint density at radius 2 is 1.63 bits per heavy atom. The largest absolute Gasteiger partial charge is 0.365 e. The van der Waals surface area contributed by atoms with Crippen LogP contribution in [0.5, 0.6) is 0 Å². The first-order valence-corrected chi connectivity index (χ1v) is 11.0. The molecule has 0 aromatic carbocycles. The van der Waals surface area contributed by atoms with Crippen molar-refractivity contribution < 1.29 is 4.79 Å². The first-order valence-electron chi connectivity index (χ1n) is 11.0. The van der Waals surface area contributed by atoms with Crippen molar-refractivity contribution in [2.45, 2.75) is 82.2 Å². The third-order valence-electron chi connectivity index (χ3n) is 7.39. The van der Waals surface area contributed by atoms with Crippen molar-refractivity contribution in [3.8, 4) is 0 Å². The zero-order valence-corrected chi connectivity index (χ0v) is 16.2. The topological polar surface area (TPSA) is 66.0 Å². The molecule has 5 fully saturated rings. The smallest absolute Gasteiger partial charge is 0.319 e. The van der Waals surface area contributed by atoms with Gasteiger partial charge in [0, 0.05) is 11.6 Å². The third-order valence-corrected chi connectivity index (χ3v) is 7.39. The fourth-order valence-electron chi connectivity index (χ4n) is 6.68. The van der Waals surface area contributed by atoms with E-state index >= 15 is 0 Å². The Morgan fingerprint density at radius 1 is 0.963 bits per heavy atom. The van der Waals surface area contributed by atoms with Gasteiger partial charge in [0.05, 0.1) is 11.9 Å². The van der Waals surface area contributed by atoms with E-state index in [0.29, 0.717) is 6.04 Å². The molecule has 5 nitrogen and oxygen atoms in total. The van der Waals surface area contributed by atoms with Crippen LogP contribution in [0.15, 0.2) is 18.3 Å². The number of amides is 2. The first kappa shape index (κ1) is 17.3. The number of anilines is 2. The molecule has 1 aromatic heterocycles. The minimum absolute atomic E-state index is 0.106. The van der Waals surface area contributed by atoms with Crippen LogP contribution in [0.1, 0.15) is 70.6 Å². The van der Waals surface area contributed by atoms with Gasteiger partial charge in [-0.2, -0.15) is 0 Å². The monoisotopic (exact) mass is 368 g/mol. The predicted molar refractivity (Wildman–Crippen MR) is 108 cm³/mol. The molecule has 2 amide bonds. The van der Waals surface area contributed by atoms with E-state index in [1.807, 2.05) is 12.1 Å². The molecule has 146 valence electrons. The van der Waals surface area contributed by atoms with Crippen LogP contribution in [0.4, 0.5) is 16.3 Å². The Morgan fingerprint density at radius 3 is 2.22 bits per heavy atom. The molecule has 1 aromatic rings. The molecular weight excluding hydrogens is 336 g/mol. The number of hydrogen-bond donors (Lipinski definition) is 3. The number of pyridine rings is 1. The van der Waals surface area contributed by atoms with Gasteiger partial charge in [-0.25, -0.2) is 9.78 Å². The second-order valence-corrected chi connectivity index (χ2v) is 9.69. The average molecular weight is 369 g/mol. The van der Waals surface area contributed by atoms with Gasteiger partial charge in [-0.1, -0.05) is 19.3 Å². The van der Waals surface area contributed by atoms with Gasteiger partial charge >= 0.3 is 6.03 Å². The third kappa shape index (κ3) is 3.78. The lowest BCUT2D eigenvalue weighted by Crippen LogP contribution is -2.54. The Kier molecular flexibility index (Phi) is 4.49. The van der Waals surface area contributed by atoms with Gasteiger partial charge < -0.3 is 16.0 Å². The van der Waals surface area contributed by atoms with Gasteiger partial charge in [0.15, 0.2) is 0 Å². The van der Waals surface area contributed by atoms with Gasteiger partial charge in [-0.05, 0) is 81.3 Å². The number of urea groups is 1. The van der Waals surface area contributed by atoms with E-state index in [0.717, 1.165) is 42.1 Å². The zero-order chi connectivity index (χ0) is 18.3. The summed E-state index contributed by atoms with van der Waals surface area (Å²) in [4.78, 5) is 16.8. The summed E-state index contributed by atoms with van der Waals surface area (Å²) in [5, 5.41) is 9.82. The van der Waals surface area contributed by atoms with Crippen molar-refractivity contribution in [3.05, 3.63) is 18.3 Å². The van der Waals surface area contributed by atoms with Crippen molar-refractivity contribution in [1.29, 1.82) is 0 Å². The Hall–Kier alpha value is -1.78. The summed E-state index contributed by atoms with van der Waals surface area (Å²) in [5.74, 6) is 3.73. The van der Waals surface area contributed by atoms with E-state index in [1.165, 1.54) is 57.8 Å². The number of nitrogens with one attached hydrogen (secondary N) is 3. The predicted octanol–water partition coefficient (Wildman–Crippen LogP) is 4.92. The van der Waals surface area contributed by atoms with E-state index in [2.05, 4.69) is 20.9 Å². The van der Waals surface area contributed by atoms with Crippen LogP contribution in [0.2, 0.25) is 0 Å². The summed E-state index contributed by atoms with van der Waals surface area (Å²) in [6.07, 6.45) is 16.0. The number of rotatable bonds is 4. The highest BCUT2D eigenvalue weighted by atomic mass is 16.2. The normalized spacial score (nSPS) is 35.0.